The summed E-state index contributed by atoms with van der Waals surface area (Å²) in [4.78, 5) is 5.14. The molecule has 1 saturated heterocycles. The lowest BCUT2D eigenvalue weighted by Crippen LogP contribution is -2.48. The smallest absolute Gasteiger partial charge is 0.0113 e. The molecule has 1 heterocycles. The van der Waals surface area contributed by atoms with Gasteiger partial charge in [0.15, 0.2) is 0 Å². The molecule has 0 atom stereocenters. The summed E-state index contributed by atoms with van der Waals surface area (Å²) in [5, 5.41) is 0. The average molecular weight is 168 g/mol. The van der Waals surface area contributed by atoms with Gasteiger partial charge in [-0.3, -0.25) is 4.90 Å². The van der Waals surface area contributed by atoms with Crippen molar-refractivity contribution in [2.75, 3.05) is 33.2 Å². The van der Waals surface area contributed by atoms with Crippen LogP contribution in [0.25, 0.3) is 0 Å². The summed E-state index contributed by atoms with van der Waals surface area (Å²) >= 11 is 0. The first-order valence-corrected chi connectivity index (χ1v) is 5.29. The summed E-state index contributed by atoms with van der Waals surface area (Å²) < 4.78 is 0. The largest absolute Gasteiger partial charge is 0.304 e. The summed E-state index contributed by atoms with van der Waals surface area (Å²) in [7, 11) is 2.23. The predicted octanol–water partition coefficient (Wildman–Crippen LogP) is 1.18. The van der Waals surface area contributed by atoms with Crippen molar-refractivity contribution < 1.29 is 0 Å². The van der Waals surface area contributed by atoms with Gasteiger partial charge in [-0.15, -0.1) is 0 Å². The summed E-state index contributed by atoms with van der Waals surface area (Å²) in [6.45, 7) is 5.16. The molecule has 0 unspecified atom stereocenters. The van der Waals surface area contributed by atoms with E-state index in [0.717, 1.165) is 6.04 Å². The molecule has 1 aliphatic heterocycles. The second-order valence-corrected chi connectivity index (χ2v) is 4.28. The number of hydrogen-bond acceptors (Lipinski definition) is 2. The maximum absolute atomic E-state index is 2.70. The Labute approximate surface area is 75.5 Å². The summed E-state index contributed by atoms with van der Waals surface area (Å²) in [5.41, 5.74) is 0. The third-order valence-electron chi connectivity index (χ3n) is 3.38. The molecule has 1 aliphatic carbocycles. The van der Waals surface area contributed by atoms with Crippen molar-refractivity contribution >= 4 is 0 Å². The Kier molecular flexibility index (Phi) is 2.66. The second kappa shape index (κ2) is 3.75. The van der Waals surface area contributed by atoms with E-state index in [1.807, 2.05) is 0 Å². The number of hydrogen-bond donors (Lipinski definition) is 0. The van der Waals surface area contributed by atoms with E-state index in [-0.39, 0.29) is 0 Å². The van der Waals surface area contributed by atoms with E-state index < -0.39 is 0 Å². The zero-order chi connectivity index (χ0) is 8.39. The Balaban J connectivity index is 1.80. The normalized spacial score (nSPS) is 29.8. The Bertz CT molecular complexity index is 133. The Morgan fingerprint density at radius 2 is 1.50 bits per heavy atom. The monoisotopic (exact) mass is 168 g/mol. The molecule has 0 spiro atoms. The van der Waals surface area contributed by atoms with Crippen LogP contribution in [0.3, 0.4) is 0 Å². The van der Waals surface area contributed by atoms with E-state index in [9.17, 15) is 0 Å². The molecule has 12 heavy (non-hydrogen) atoms. The van der Waals surface area contributed by atoms with Crippen LogP contribution in [0, 0.1) is 0 Å². The molecule has 0 amide bonds. The lowest BCUT2D eigenvalue weighted by atomic mass is 10.2. The molecule has 2 nitrogen and oxygen atoms in total. The minimum Gasteiger partial charge on any atom is -0.304 e. The summed E-state index contributed by atoms with van der Waals surface area (Å²) in [5.74, 6) is 0. The molecule has 1 saturated carbocycles. The van der Waals surface area contributed by atoms with Gasteiger partial charge >= 0.3 is 0 Å². The molecule has 0 bridgehead atoms. The van der Waals surface area contributed by atoms with Crippen LogP contribution in [0.5, 0.6) is 0 Å². The van der Waals surface area contributed by atoms with Crippen LogP contribution in [0.15, 0.2) is 0 Å². The van der Waals surface area contributed by atoms with Crippen LogP contribution in [0.1, 0.15) is 25.7 Å². The molecule has 0 radical (unpaired) electrons. The highest BCUT2D eigenvalue weighted by atomic mass is 15.3. The minimum absolute atomic E-state index is 0.943. The van der Waals surface area contributed by atoms with Gasteiger partial charge in [0.25, 0.3) is 0 Å². The van der Waals surface area contributed by atoms with Crippen molar-refractivity contribution in [1.82, 2.24) is 9.80 Å². The molecule has 2 fully saturated rings. The third kappa shape index (κ3) is 1.80. The molecule has 70 valence electrons. The first kappa shape index (κ1) is 8.52. The van der Waals surface area contributed by atoms with Gasteiger partial charge in [-0.1, -0.05) is 12.8 Å². The molecule has 2 aliphatic rings. The van der Waals surface area contributed by atoms with Crippen molar-refractivity contribution in [1.29, 1.82) is 0 Å². The summed E-state index contributed by atoms with van der Waals surface area (Å²) in [6.07, 6.45) is 5.86. The van der Waals surface area contributed by atoms with Crippen LogP contribution in [-0.4, -0.2) is 49.1 Å². The lowest BCUT2D eigenvalue weighted by Gasteiger charge is -2.36. The predicted molar refractivity (Wildman–Crippen MR) is 51.3 cm³/mol. The highest BCUT2D eigenvalue weighted by molar-refractivity contribution is 4.80. The van der Waals surface area contributed by atoms with E-state index in [4.69, 9.17) is 0 Å². The van der Waals surface area contributed by atoms with Gasteiger partial charge < -0.3 is 4.90 Å². The van der Waals surface area contributed by atoms with Crippen LogP contribution < -0.4 is 0 Å². The highest BCUT2D eigenvalue weighted by Gasteiger charge is 2.24. The van der Waals surface area contributed by atoms with Crippen molar-refractivity contribution in [3.8, 4) is 0 Å². The van der Waals surface area contributed by atoms with Crippen LogP contribution in [0.2, 0.25) is 0 Å². The standard InChI is InChI=1S/C10H20N2/c1-11-6-8-12(9-7-11)10-4-2-3-5-10/h10H,2-9H2,1H3. The van der Waals surface area contributed by atoms with E-state index in [2.05, 4.69) is 16.8 Å². The Morgan fingerprint density at radius 1 is 0.917 bits per heavy atom. The molecule has 2 rings (SSSR count). The summed E-state index contributed by atoms with van der Waals surface area (Å²) in [6, 6.07) is 0.943. The quantitative estimate of drug-likeness (QED) is 0.580. The van der Waals surface area contributed by atoms with E-state index in [0.29, 0.717) is 0 Å². The fourth-order valence-electron chi connectivity index (χ4n) is 2.46. The van der Waals surface area contributed by atoms with Crippen molar-refractivity contribution in [2.24, 2.45) is 0 Å². The van der Waals surface area contributed by atoms with Crippen LogP contribution >= 0.6 is 0 Å². The first-order valence-electron chi connectivity index (χ1n) is 5.29. The molecule has 0 N–H and O–H groups in total. The first-order chi connectivity index (χ1) is 5.86. The third-order valence-corrected chi connectivity index (χ3v) is 3.38. The van der Waals surface area contributed by atoms with Gasteiger partial charge in [-0.25, -0.2) is 0 Å². The number of nitrogens with zero attached hydrogens (tertiary/aromatic N) is 2. The van der Waals surface area contributed by atoms with E-state index >= 15 is 0 Å². The van der Waals surface area contributed by atoms with Gasteiger partial charge in [-0.2, -0.15) is 0 Å². The topological polar surface area (TPSA) is 6.48 Å². The molecule has 0 aromatic heterocycles. The maximum atomic E-state index is 2.70. The fraction of sp³-hybridized carbons (Fsp3) is 1.00. The molecule has 0 aromatic carbocycles. The van der Waals surface area contributed by atoms with Gasteiger partial charge in [0.1, 0.15) is 0 Å². The van der Waals surface area contributed by atoms with Gasteiger partial charge in [0.05, 0.1) is 0 Å². The Morgan fingerprint density at radius 3 is 2.08 bits per heavy atom. The number of rotatable bonds is 1. The second-order valence-electron chi connectivity index (χ2n) is 4.28. The van der Waals surface area contributed by atoms with Crippen molar-refractivity contribution in [3.63, 3.8) is 0 Å². The van der Waals surface area contributed by atoms with Crippen LogP contribution in [0.4, 0.5) is 0 Å². The maximum Gasteiger partial charge on any atom is 0.0113 e. The zero-order valence-electron chi connectivity index (χ0n) is 8.13. The average Bonchev–Trinajstić information content (AvgIpc) is 2.58. The van der Waals surface area contributed by atoms with Gasteiger partial charge in [0.2, 0.25) is 0 Å². The SMILES string of the molecule is CN1CCN(C2CCCC2)CC1. The molecular formula is C10H20N2. The minimum atomic E-state index is 0.943. The number of likely N-dealkylation sites (N-methyl/N-ethyl adjacent to an activating group) is 1. The zero-order valence-corrected chi connectivity index (χ0v) is 8.13. The van der Waals surface area contributed by atoms with Crippen molar-refractivity contribution in [3.05, 3.63) is 0 Å². The van der Waals surface area contributed by atoms with E-state index in [1.54, 1.807) is 0 Å². The Hall–Kier alpha value is -0.0800. The van der Waals surface area contributed by atoms with E-state index in [1.165, 1.54) is 51.9 Å². The van der Waals surface area contributed by atoms with Crippen molar-refractivity contribution in [2.45, 2.75) is 31.7 Å². The lowest BCUT2D eigenvalue weighted by molar-refractivity contribution is 0.114. The van der Waals surface area contributed by atoms with Gasteiger partial charge in [0, 0.05) is 32.2 Å². The molecule has 0 aromatic rings. The van der Waals surface area contributed by atoms with Crippen LogP contribution in [-0.2, 0) is 0 Å². The highest BCUT2D eigenvalue weighted by Crippen LogP contribution is 2.23. The van der Waals surface area contributed by atoms with Gasteiger partial charge in [-0.05, 0) is 19.9 Å². The number of piperazine rings is 1. The fourth-order valence-corrected chi connectivity index (χ4v) is 2.46. The molecule has 2 heteroatoms. The molecular weight excluding hydrogens is 148 g/mol.